The summed E-state index contributed by atoms with van der Waals surface area (Å²) in [4.78, 5) is 0. The molecule has 3 N–H and O–H groups in total. The third kappa shape index (κ3) is 3.76. The molecule has 1 aliphatic rings. The van der Waals surface area contributed by atoms with Gasteiger partial charge in [-0.1, -0.05) is 19.1 Å². The first-order valence-corrected chi connectivity index (χ1v) is 6.72. The molecule has 1 aromatic rings. The number of hydrogen-bond donors (Lipinski definition) is 2. The van der Waals surface area contributed by atoms with Crippen LogP contribution in [-0.4, -0.2) is 11.9 Å². The van der Waals surface area contributed by atoms with Gasteiger partial charge in [0.1, 0.15) is 5.75 Å². The van der Waals surface area contributed by atoms with E-state index in [1.54, 1.807) is 0 Å². The Balaban J connectivity index is 1.88. The molecule has 1 aliphatic carbocycles. The molecule has 0 unspecified atom stereocenters. The van der Waals surface area contributed by atoms with Gasteiger partial charge in [-0.2, -0.15) is 0 Å². The van der Waals surface area contributed by atoms with Gasteiger partial charge in [0.25, 0.3) is 0 Å². The largest absolute Gasteiger partial charge is 0.490 e. The number of rotatable bonds is 4. The minimum Gasteiger partial charge on any atom is -0.490 e. The highest BCUT2D eigenvalue weighted by Crippen LogP contribution is 2.27. The molecule has 3 heteroatoms. The maximum atomic E-state index is 7.26. The van der Waals surface area contributed by atoms with Gasteiger partial charge in [-0.05, 0) is 49.3 Å². The van der Waals surface area contributed by atoms with Crippen LogP contribution in [0.15, 0.2) is 24.3 Å². The van der Waals surface area contributed by atoms with Crippen molar-refractivity contribution in [3.8, 4) is 5.75 Å². The van der Waals surface area contributed by atoms with Gasteiger partial charge in [-0.15, -0.1) is 0 Å². The Morgan fingerprint density at radius 2 is 1.83 bits per heavy atom. The van der Waals surface area contributed by atoms with Crippen molar-refractivity contribution in [3.05, 3.63) is 29.8 Å². The van der Waals surface area contributed by atoms with Gasteiger partial charge in [0.15, 0.2) is 0 Å². The fourth-order valence-electron chi connectivity index (χ4n) is 2.45. The van der Waals surface area contributed by atoms with Crippen LogP contribution in [0.25, 0.3) is 0 Å². The van der Waals surface area contributed by atoms with Crippen molar-refractivity contribution in [1.82, 2.24) is 0 Å². The van der Waals surface area contributed by atoms with E-state index in [2.05, 4.69) is 6.92 Å². The van der Waals surface area contributed by atoms with Gasteiger partial charge in [0, 0.05) is 6.42 Å². The molecular formula is C15H22N2O. The van der Waals surface area contributed by atoms with Crippen LogP contribution >= 0.6 is 0 Å². The molecule has 0 spiro atoms. The smallest absolute Gasteiger partial charge is 0.119 e. The molecule has 0 bridgehead atoms. The highest BCUT2D eigenvalue weighted by molar-refractivity contribution is 5.79. The van der Waals surface area contributed by atoms with Crippen LogP contribution in [0, 0.1) is 11.3 Å². The lowest BCUT2D eigenvalue weighted by atomic mass is 9.89. The molecule has 1 aromatic carbocycles. The van der Waals surface area contributed by atoms with Crippen LogP contribution in [0.3, 0.4) is 0 Å². The highest BCUT2D eigenvalue weighted by atomic mass is 16.5. The Morgan fingerprint density at radius 1 is 1.22 bits per heavy atom. The molecule has 0 atom stereocenters. The van der Waals surface area contributed by atoms with E-state index in [1.807, 2.05) is 24.3 Å². The summed E-state index contributed by atoms with van der Waals surface area (Å²) in [7, 11) is 0. The average Bonchev–Trinajstić information content (AvgIpc) is 2.34. The molecule has 1 fully saturated rings. The van der Waals surface area contributed by atoms with Crippen LogP contribution in [0.5, 0.6) is 5.75 Å². The van der Waals surface area contributed by atoms with Crippen molar-refractivity contribution >= 4 is 5.84 Å². The van der Waals surface area contributed by atoms with Crippen LogP contribution in [0.1, 0.15) is 38.2 Å². The summed E-state index contributed by atoms with van der Waals surface area (Å²) < 4.78 is 5.98. The van der Waals surface area contributed by atoms with Gasteiger partial charge in [-0.3, -0.25) is 5.41 Å². The minimum atomic E-state index is 0.199. The van der Waals surface area contributed by atoms with Crippen LogP contribution in [-0.2, 0) is 6.42 Å². The zero-order chi connectivity index (χ0) is 13.0. The van der Waals surface area contributed by atoms with E-state index in [0.717, 1.165) is 30.1 Å². The molecular weight excluding hydrogens is 224 g/mol. The fourth-order valence-corrected chi connectivity index (χ4v) is 2.45. The topological polar surface area (TPSA) is 59.1 Å². The number of ether oxygens (including phenoxy) is 1. The van der Waals surface area contributed by atoms with Gasteiger partial charge < -0.3 is 10.5 Å². The zero-order valence-electron chi connectivity index (χ0n) is 11.0. The van der Waals surface area contributed by atoms with Gasteiger partial charge >= 0.3 is 0 Å². The Bertz CT molecular complexity index is 391. The lowest BCUT2D eigenvalue weighted by Gasteiger charge is -2.26. The second kappa shape index (κ2) is 5.89. The van der Waals surface area contributed by atoms with E-state index in [9.17, 15) is 0 Å². The molecule has 0 saturated heterocycles. The number of nitrogens with two attached hydrogens (primary N) is 1. The maximum Gasteiger partial charge on any atom is 0.119 e. The lowest BCUT2D eigenvalue weighted by Crippen LogP contribution is -2.23. The standard InChI is InChI=1S/C15H22N2O/c1-11-2-6-13(7-3-11)18-14-8-4-12(5-9-14)10-15(16)17/h4-5,8-9,11,13H,2-3,6-7,10H2,1H3,(H3,16,17). The summed E-state index contributed by atoms with van der Waals surface area (Å²) in [5.74, 6) is 1.98. The number of benzene rings is 1. The Hall–Kier alpha value is -1.51. The average molecular weight is 246 g/mol. The second-order valence-corrected chi connectivity index (χ2v) is 5.35. The summed E-state index contributed by atoms with van der Waals surface area (Å²) in [6, 6.07) is 7.94. The maximum absolute atomic E-state index is 7.26. The quantitative estimate of drug-likeness (QED) is 0.633. The third-order valence-corrected chi connectivity index (χ3v) is 3.58. The zero-order valence-corrected chi connectivity index (χ0v) is 11.0. The molecule has 18 heavy (non-hydrogen) atoms. The summed E-state index contributed by atoms with van der Waals surface area (Å²) in [5.41, 5.74) is 6.44. The SMILES string of the molecule is CC1CCC(Oc2ccc(CC(=N)N)cc2)CC1. The molecule has 2 rings (SSSR count). The molecule has 0 heterocycles. The highest BCUT2D eigenvalue weighted by Gasteiger charge is 2.19. The molecule has 0 aliphatic heterocycles. The minimum absolute atomic E-state index is 0.199. The summed E-state index contributed by atoms with van der Waals surface area (Å²) in [6.07, 6.45) is 5.76. The Kier molecular flexibility index (Phi) is 4.24. The van der Waals surface area contributed by atoms with E-state index in [-0.39, 0.29) is 5.84 Å². The van der Waals surface area contributed by atoms with Gasteiger partial charge in [0.05, 0.1) is 11.9 Å². The number of amidine groups is 1. The van der Waals surface area contributed by atoms with Crippen LogP contribution in [0.4, 0.5) is 0 Å². The summed E-state index contributed by atoms with van der Waals surface area (Å²) in [5, 5.41) is 7.26. The first-order valence-electron chi connectivity index (χ1n) is 6.72. The van der Waals surface area contributed by atoms with Gasteiger partial charge in [-0.25, -0.2) is 0 Å². The Labute approximate surface area is 109 Å². The molecule has 0 amide bonds. The second-order valence-electron chi connectivity index (χ2n) is 5.35. The predicted molar refractivity (Wildman–Crippen MR) is 74.1 cm³/mol. The fraction of sp³-hybridized carbons (Fsp3) is 0.533. The lowest BCUT2D eigenvalue weighted by molar-refractivity contribution is 0.135. The van der Waals surface area contributed by atoms with Crippen LogP contribution in [0.2, 0.25) is 0 Å². The van der Waals surface area contributed by atoms with Crippen LogP contribution < -0.4 is 10.5 Å². The number of hydrogen-bond acceptors (Lipinski definition) is 2. The van der Waals surface area contributed by atoms with E-state index in [1.165, 1.54) is 12.8 Å². The van der Waals surface area contributed by atoms with E-state index < -0.39 is 0 Å². The molecule has 0 aromatic heterocycles. The monoisotopic (exact) mass is 246 g/mol. The molecule has 1 saturated carbocycles. The predicted octanol–water partition coefficient (Wildman–Crippen LogP) is 3.12. The first-order chi connectivity index (χ1) is 8.63. The van der Waals surface area contributed by atoms with Crippen molar-refractivity contribution in [3.63, 3.8) is 0 Å². The summed E-state index contributed by atoms with van der Waals surface area (Å²) in [6.45, 7) is 2.31. The summed E-state index contributed by atoms with van der Waals surface area (Å²) >= 11 is 0. The van der Waals surface area contributed by atoms with E-state index in [0.29, 0.717) is 12.5 Å². The normalized spacial score (nSPS) is 23.6. The Morgan fingerprint density at radius 3 is 2.39 bits per heavy atom. The van der Waals surface area contributed by atoms with Crippen molar-refractivity contribution in [2.75, 3.05) is 0 Å². The van der Waals surface area contributed by atoms with Gasteiger partial charge in [0.2, 0.25) is 0 Å². The number of nitrogens with one attached hydrogen (secondary N) is 1. The van der Waals surface area contributed by atoms with Crippen molar-refractivity contribution in [1.29, 1.82) is 5.41 Å². The van der Waals surface area contributed by atoms with Crippen molar-refractivity contribution in [2.24, 2.45) is 11.7 Å². The van der Waals surface area contributed by atoms with E-state index >= 15 is 0 Å². The van der Waals surface area contributed by atoms with E-state index in [4.69, 9.17) is 15.9 Å². The molecule has 98 valence electrons. The third-order valence-electron chi connectivity index (χ3n) is 3.58. The molecule has 0 radical (unpaired) electrons. The first kappa shape index (κ1) is 12.9. The van der Waals surface area contributed by atoms with Crippen molar-refractivity contribution < 1.29 is 4.74 Å². The van der Waals surface area contributed by atoms with Crippen molar-refractivity contribution in [2.45, 2.75) is 45.1 Å². The molecule has 3 nitrogen and oxygen atoms in total.